The normalized spacial score (nSPS) is 11.3. The standard InChI is InChI=1S/C14H14F3N3O/c1-3-18-12-8-9(2)19-13(20-12)10-6-4-5-7-11(10)21-14(15,16)17/h4-8H,3H2,1-2H3,(H,18,19,20). The van der Waals surface area contributed by atoms with Gasteiger partial charge in [-0.25, -0.2) is 9.97 Å². The predicted octanol–water partition coefficient (Wildman–Crippen LogP) is 3.78. The lowest BCUT2D eigenvalue weighted by Crippen LogP contribution is -2.17. The number of alkyl halides is 3. The zero-order valence-corrected chi connectivity index (χ0v) is 11.5. The minimum absolute atomic E-state index is 0.186. The Morgan fingerprint density at radius 1 is 1.19 bits per heavy atom. The van der Waals surface area contributed by atoms with Gasteiger partial charge in [0.05, 0.1) is 5.56 Å². The topological polar surface area (TPSA) is 47.0 Å². The molecular weight excluding hydrogens is 283 g/mol. The first-order chi connectivity index (χ1) is 9.89. The molecule has 1 N–H and O–H groups in total. The third-order valence-electron chi connectivity index (χ3n) is 2.57. The number of hydrogen-bond donors (Lipinski definition) is 1. The summed E-state index contributed by atoms with van der Waals surface area (Å²) in [4.78, 5) is 8.39. The van der Waals surface area contributed by atoms with Crippen molar-refractivity contribution < 1.29 is 17.9 Å². The highest BCUT2D eigenvalue weighted by Crippen LogP contribution is 2.32. The van der Waals surface area contributed by atoms with Crippen LogP contribution in [0, 0.1) is 6.92 Å². The van der Waals surface area contributed by atoms with E-state index in [2.05, 4.69) is 20.0 Å². The molecule has 0 saturated heterocycles. The van der Waals surface area contributed by atoms with Crippen LogP contribution in [0.2, 0.25) is 0 Å². The molecule has 2 aromatic rings. The van der Waals surface area contributed by atoms with Crippen LogP contribution in [0.3, 0.4) is 0 Å². The van der Waals surface area contributed by atoms with Crippen molar-refractivity contribution in [1.82, 2.24) is 9.97 Å². The molecule has 0 spiro atoms. The van der Waals surface area contributed by atoms with Gasteiger partial charge in [0.25, 0.3) is 0 Å². The van der Waals surface area contributed by atoms with Crippen LogP contribution < -0.4 is 10.1 Å². The lowest BCUT2D eigenvalue weighted by molar-refractivity contribution is -0.274. The Bertz CT molecular complexity index is 629. The summed E-state index contributed by atoms with van der Waals surface area (Å²) < 4.78 is 41.3. The summed E-state index contributed by atoms with van der Waals surface area (Å²) in [7, 11) is 0. The number of halogens is 3. The van der Waals surface area contributed by atoms with Crippen LogP contribution in [0.25, 0.3) is 11.4 Å². The van der Waals surface area contributed by atoms with Gasteiger partial charge in [-0.15, -0.1) is 13.2 Å². The summed E-state index contributed by atoms with van der Waals surface area (Å²) in [5, 5.41) is 3.01. The first-order valence-electron chi connectivity index (χ1n) is 6.33. The Balaban J connectivity index is 2.46. The maximum absolute atomic E-state index is 12.4. The maximum Gasteiger partial charge on any atom is 0.573 e. The molecule has 0 saturated carbocycles. The third-order valence-corrected chi connectivity index (χ3v) is 2.57. The summed E-state index contributed by atoms with van der Waals surface area (Å²) >= 11 is 0. The van der Waals surface area contributed by atoms with Crippen LogP contribution >= 0.6 is 0 Å². The van der Waals surface area contributed by atoms with Crippen molar-refractivity contribution in [3.63, 3.8) is 0 Å². The van der Waals surface area contributed by atoms with Gasteiger partial charge in [-0.05, 0) is 26.0 Å². The molecule has 0 amide bonds. The molecular formula is C14H14F3N3O. The van der Waals surface area contributed by atoms with Crippen LogP contribution in [0.1, 0.15) is 12.6 Å². The van der Waals surface area contributed by atoms with E-state index in [-0.39, 0.29) is 17.1 Å². The van der Waals surface area contributed by atoms with Crippen LogP contribution in [0.5, 0.6) is 5.75 Å². The lowest BCUT2D eigenvalue weighted by Gasteiger charge is -2.13. The Hall–Kier alpha value is -2.31. The zero-order chi connectivity index (χ0) is 15.5. The van der Waals surface area contributed by atoms with E-state index in [1.54, 1.807) is 19.1 Å². The molecule has 1 aromatic carbocycles. The minimum atomic E-state index is -4.76. The number of aryl methyl sites for hydroxylation is 1. The third kappa shape index (κ3) is 4.08. The van der Waals surface area contributed by atoms with E-state index in [0.717, 1.165) is 0 Å². The molecule has 0 atom stereocenters. The molecule has 0 aliphatic heterocycles. The second kappa shape index (κ2) is 5.99. The van der Waals surface area contributed by atoms with Crippen molar-refractivity contribution >= 4 is 5.82 Å². The fourth-order valence-corrected chi connectivity index (χ4v) is 1.83. The number of anilines is 1. The van der Waals surface area contributed by atoms with Crippen molar-refractivity contribution in [1.29, 1.82) is 0 Å². The molecule has 21 heavy (non-hydrogen) atoms. The summed E-state index contributed by atoms with van der Waals surface area (Å²) in [6, 6.07) is 7.52. The van der Waals surface area contributed by atoms with E-state index in [0.29, 0.717) is 18.1 Å². The van der Waals surface area contributed by atoms with Gasteiger partial charge in [0.2, 0.25) is 0 Å². The molecule has 1 aromatic heterocycles. The molecule has 112 valence electrons. The second-order valence-electron chi connectivity index (χ2n) is 4.29. The molecule has 1 heterocycles. The molecule has 0 bridgehead atoms. The Kier molecular flexibility index (Phi) is 4.30. The van der Waals surface area contributed by atoms with Gasteiger partial charge in [0.15, 0.2) is 5.82 Å². The summed E-state index contributed by atoms with van der Waals surface area (Å²) in [5.41, 5.74) is 0.843. The van der Waals surface area contributed by atoms with Crippen LogP contribution in [-0.4, -0.2) is 22.9 Å². The largest absolute Gasteiger partial charge is 0.573 e. The van der Waals surface area contributed by atoms with Crippen LogP contribution in [-0.2, 0) is 0 Å². The van der Waals surface area contributed by atoms with E-state index in [1.165, 1.54) is 18.2 Å². The quantitative estimate of drug-likeness (QED) is 0.933. The van der Waals surface area contributed by atoms with Crippen molar-refractivity contribution in [3.8, 4) is 17.1 Å². The molecule has 0 unspecified atom stereocenters. The number of aromatic nitrogens is 2. The van der Waals surface area contributed by atoms with Gasteiger partial charge in [0, 0.05) is 18.3 Å². The molecule has 0 aliphatic rings. The molecule has 7 heteroatoms. The van der Waals surface area contributed by atoms with Crippen LogP contribution in [0.15, 0.2) is 30.3 Å². The average molecular weight is 297 g/mol. The molecule has 2 rings (SSSR count). The summed E-state index contributed by atoms with van der Waals surface area (Å²) in [6.45, 7) is 4.30. The Labute approximate surface area is 120 Å². The van der Waals surface area contributed by atoms with Gasteiger partial charge >= 0.3 is 6.36 Å². The lowest BCUT2D eigenvalue weighted by atomic mass is 10.2. The second-order valence-corrected chi connectivity index (χ2v) is 4.29. The van der Waals surface area contributed by atoms with Gasteiger partial charge in [0.1, 0.15) is 11.6 Å². The van der Waals surface area contributed by atoms with Crippen LogP contribution in [0.4, 0.5) is 19.0 Å². The number of para-hydroxylation sites is 1. The SMILES string of the molecule is CCNc1cc(C)nc(-c2ccccc2OC(F)(F)F)n1. The van der Waals surface area contributed by atoms with E-state index in [9.17, 15) is 13.2 Å². The van der Waals surface area contributed by atoms with Gasteiger partial charge in [-0.3, -0.25) is 0 Å². The first-order valence-corrected chi connectivity index (χ1v) is 6.33. The van der Waals surface area contributed by atoms with Crippen molar-refractivity contribution in [2.24, 2.45) is 0 Å². The summed E-state index contributed by atoms with van der Waals surface area (Å²) in [5.74, 6) is 0.422. The molecule has 0 aliphatic carbocycles. The average Bonchev–Trinajstić information content (AvgIpc) is 2.37. The van der Waals surface area contributed by atoms with Crippen molar-refractivity contribution in [3.05, 3.63) is 36.0 Å². The Morgan fingerprint density at radius 2 is 1.90 bits per heavy atom. The monoisotopic (exact) mass is 297 g/mol. The number of benzene rings is 1. The Morgan fingerprint density at radius 3 is 2.57 bits per heavy atom. The highest BCUT2D eigenvalue weighted by Gasteiger charge is 2.32. The fraction of sp³-hybridized carbons (Fsp3) is 0.286. The molecule has 0 radical (unpaired) electrons. The fourth-order valence-electron chi connectivity index (χ4n) is 1.83. The molecule has 0 fully saturated rings. The van der Waals surface area contributed by atoms with Gasteiger partial charge in [-0.2, -0.15) is 0 Å². The van der Waals surface area contributed by atoms with E-state index in [1.807, 2.05) is 6.92 Å². The van der Waals surface area contributed by atoms with Gasteiger partial charge in [-0.1, -0.05) is 12.1 Å². The first kappa shape index (κ1) is 15.1. The molecule has 4 nitrogen and oxygen atoms in total. The van der Waals surface area contributed by atoms with E-state index < -0.39 is 6.36 Å². The van der Waals surface area contributed by atoms with E-state index >= 15 is 0 Å². The number of nitrogens with one attached hydrogen (secondary N) is 1. The summed E-state index contributed by atoms with van der Waals surface area (Å²) in [6.07, 6.45) is -4.76. The highest BCUT2D eigenvalue weighted by atomic mass is 19.4. The zero-order valence-electron chi connectivity index (χ0n) is 11.5. The van der Waals surface area contributed by atoms with Crippen molar-refractivity contribution in [2.75, 3.05) is 11.9 Å². The number of nitrogens with zero attached hydrogens (tertiary/aromatic N) is 2. The smallest absolute Gasteiger partial charge is 0.405 e. The van der Waals surface area contributed by atoms with Crippen molar-refractivity contribution in [2.45, 2.75) is 20.2 Å². The van der Waals surface area contributed by atoms with E-state index in [4.69, 9.17) is 0 Å². The highest BCUT2D eigenvalue weighted by molar-refractivity contribution is 5.65. The maximum atomic E-state index is 12.4. The number of hydrogen-bond acceptors (Lipinski definition) is 4. The minimum Gasteiger partial charge on any atom is -0.405 e. The van der Waals surface area contributed by atoms with Gasteiger partial charge < -0.3 is 10.1 Å². The predicted molar refractivity (Wildman–Crippen MR) is 73.1 cm³/mol. The number of ether oxygens (including phenoxy) is 1. The number of rotatable bonds is 4.